The van der Waals surface area contributed by atoms with Crippen molar-refractivity contribution in [1.82, 2.24) is 10.6 Å². The zero-order valence-corrected chi connectivity index (χ0v) is 12.7. The third-order valence-corrected chi connectivity index (χ3v) is 2.25. The number of hydrogen-bond donors (Lipinski definition) is 3. The molecule has 0 amide bonds. The Kier molecular flexibility index (Phi) is 15.4. The lowest BCUT2D eigenvalue weighted by Crippen LogP contribution is -2.39. The van der Waals surface area contributed by atoms with Crippen molar-refractivity contribution in [1.29, 1.82) is 5.41 Å². The highest BCUT2D eigenvalue weighted by atomic mass is 16.5. The minimum atomic E-state index is 0.284. The number of rotatable bonds is 14. The normalized spacial score (nSPS) is 10.5. The van der Waals surface area contributed by atoms with E-state index in [1.54, 1.807) is 0 Å². The average molecular weight is 291 g/mol. The smallest absolute Gasteiger partial charge is 0.188 e. The van der Waals surface area contributed by atoms with Crippen LogP contribution in [-0.4, -0.2) is 71.9 Å². The quantitative estimate of drug-likeness (QED) is 0.241. The Balaban J connectivity index is 3.13. The van der Waals surface area contributed by atoms with Gasteiger partial charge in [-0.15, -0.1) is 0 Å². The van der Waals surface area contributed by atoms with E-state index in [1.165, 1.54) is 0 Å². The SMILES string of the molecule is CCOCCOCCNC(=N)NCCOCCOCC. The molecule has 0 aliphatic heterocycles. The molecule has 120 valence electrons. The van der Waals surface area contributed by atoms with E-state index >= 15 is 0 Å². The summed E-state index contributed by atoms with van der Waals surface area (Å²) in [6.07, 6.45) is 0. The molecule has 0 heterocycles. The molecule has 3 N–H and O–H groups in total. The maximum atomic E-state index is 7.60. The zero-order chi connectivity index (χ0) is 14.9. The Morgan fingerprint density at radius 1 is 0.700 bits per heavy atom. The summed E-state index contributed by atoms with van der Waals surface area (Å²) < 4.78 is 20.9. The highest BCUT2D eigenvalue weighted by Gasteiger charge is 1.95. The second-order valence-electron chi connectivity index (χ2n) is 3.85. The van der Waals surface area contributed by atoms with Gasteiger partial charge in [-0.25, -0.2) is 0 Å². The van der Waals surface area contributed by atoms with Crippen LogP contribution in [0, 0.1) is 5.41 Å². The van der Waals surface area contributed by atoms with Crippen molar-refractivity contribution in [2.24, 2.45) is 0 Å². The summed E-state index contributed by atoms with van der Waals surface area (Å²) in [4.78, 5) is 0. The third kappa shape index (κ3) is 15.2. The van der Waals surface area contributed by atoms with E-state index < -0.39 is 0 Å². The molecule has 0 saturated heterocycles. The summed E-state index contributed by atoms with van der Waals surface area (Å²) in [5.74, 6) is 0.284. The van der Waals surface area contributed by atoms with E-state index in [-0.39, 0.29) is 5.96 Å². The van der Waals surface area contributed by atoms with Gasteiger partial charge < -0.3 is 29.6 Å². The standard InChI is InChI=1S/C13H29N3O4/c1-3-17-9-11-19-7-5-15-13(14)16-6-8-20-12-10-18-4-2/h3-12H2,1-2H3,(H3,14,15,16). The van der Waals surface area contributed by atoms with E-state index in [9.17, 15) is 0 Å². The third-order valence-electron chi connectivity index (χ3n) is 2.25. The molecule has 0 aromatic rings. The molecule has 0 radical (unpaired) electrons. The first-order valence-corrected chi connectivity index (χ1v) is 7.18. The summed E-state index contributed by atoms with van der Waals surface area (Å²) in [5.41, 5.74) is 0. The monoisotopic (exact) mass is 291 g/mol. The first kappa shape index (κ1) is 19.1. The Morgan fingerprint density at radius 3 is 1.50 bits per heavy atom. The second kappa shape index (κ2) is 16.2. The van der Waals surface area contributed by atoms with Gasteiger partial charge in [0.1, 0.15) is 0 Å². The molecule has 0 aliphatic carbocycles. The lowest BCUT2D eigenvalue weighted by Gasteiger charge is -2.11. The molecule has 0 spiro atoms. The molecule has 7 nitrogen and oxygen atoms in total. The van der Waals surface area contributed by atoms with E-state index in [1.807, 2.05) is 13.8 Å². The lowest BCUT2D eigenvalue weighted by atomic mass is 10.6. The summed E-state index contributed by atoms with van der Waals surface area (Å²) in [7, 11) is 0. The lowest BCUT2D eigenvalue weighted by molar-refractivity contribution is 0.0542. The second-order valence-corrected chi connectivity index (χ2v) is 3.85. The van der Waals surface area contributed by atoms with Crippen LogP contribution in [0.3, 0.4) is 0 Å². The predicted octanol–water partition coefficient (Wildman–Crippen LogP) is 0.207. The molecule has 0 bridgehead atoms. The van der Waals surface area contributed by atoms with Crippen LogP contribution < -0.4 is 10.6 Å². The molecule has 0 aliphatic rings. The molecule has 0 unspecified atom stereocenters. The topological polar surface area (TPSA) is 84.8 Å². The minimum absolute atomic E-state index is 0.284. The van der Waals surface area contributed by atoms with Gasteiger partial charge in [0.2, 0.25) is 0 Å². The van der Waals surface area contributed by atoms with Crippen LogP contribution in [0.4, 0.5) is 0 Å². The van der Waals surface area contributed by atoms with E-state index in [2.05, 4.69) is 10.6 Å². The van der Waals surface area contributed by atoms with Crippen LogP contribution in [0.25, 0.3) is 0 Å². The average Bonchev–Trinajstić information content (AvgIpc) is 2.45. The van der Waals surface area contributed by atoms with Gasteiger partial charge >= 0.3 is 0 Å². The van der Waals surface area contributed by atoms with Crippen molar-refractivity contribution in [3.8, 4) is 0 Å². The zero-order valence-electron chi connectivity index (χ0n) is 12.7. The molecule has 0 fully saturated rings. The largest absolute Gasteiger partial charge is 0.379 e. The van der Waals surface area contributed by atoms with Crippen molar-refractivity contribution < 1.29 is 18.9 Å². The predicted molar refractivity (Wildman–Crippen MR) is 78.4 cm³/mol. The fourth-order valence-corrected chi connectivity index (χ4v) is 1.29. The summed E-state index contributed by atoms with van der Waals surface area (Å²) in [6, 6.07) is 0. The molecule has 0 rings (SSSR count). The highest BCUT2D eigenvalue weighted by molar-refractivity contribution is 5.76. The minimum Gasteiger partial charge on any atom is -0.379 e. The summed E-state index contributed by atoms with van der Waals surface area (Å²) in [6.45, 7) is 10.1. The van der Waals surface area contributed by atoms with Crippen LogP contribution in [-0.2, 0) is 18.9 Å². The fraction of sp³-hybridized carbons (Fsp3) is 0.923. The van der Waals surface area contributed by atoms with Crippen molar-refractivity contribution in [2.45, 2.75) is 13.8 Å². The van der Waals surface area contributed by atoms with E-state index in [0.29, 0.717) is 65.9 Å². The first-order chi connectivity index (χ1) is 9.81. The van der Waals surface area contributed by atoms with Gasteiger partial charge in [0.15, 0.2) is 5.96 Å². The van der Waals surface area contributed by atoms with Gasteiger partial charge in [-0.2, -0.15) is 0 Å². The van der Waals surface area contributed by atoms with Gasteiger partial charge in [0.05, 0.1) is 39.6 Å². The van der Waals surface area contributed by atoms with Crippen molar-refractivity contribution >= 4 is 5.96 Å². The maximum Gasteiger partial charge on any atom is 0.188 e. The number of hydrogen-bond acceptors (Lipinski definition) is 5. The molecule has 0 aromatic carbocycles. The van der Waals surface area contributed by atoms with Crippen LogP contribution >= 0.6 is 0 Å². The van der Waals surface area contributed by atoms with Gasteiger partial charge in [0.25, 0.3) is 0 Å². The van der Waals surface area contributed by atoms with Crippen molar-refractivity contribution in [3.63, 3.8) is 0 Å². The molecule has 20 heavy (non-hydrogen) atoms. The Labute approximate surface area is 121 Å². The summed E-state index contributed by atoms with van der Waals surface area (Å²) >= 11 is 0. The van der Waals surface area contributed by atoms with Crippen LogP contribution in [0.2, 0.25) is 0 Å². The molecular weight excluding hydrogens is 262 g/mol. The molecular formula is C13H29N3O4. The van der Waals surface area contributed by atoms with Crippen LogP contribution in [0.5, 0.6) is 0 Å². The fourth-order valence-electron chi connectivity index (χ4n) is 1.29. The molecule has 0 saturated carbocycles. The van der Waals surface area contributed by atoms with Gasteiger partial charge in [-0.05, 0) is 13.8 Å². The Morgan fingerprint density at radius 2 is 1.10 bits per heavy atom. The molecule has 0 atom stereocenters. The number of nitrogens with one attached hydrogen (secondary N) is 3. The molecule has 0 aromatic heterocycles. The van der Waals surface area contributed by atoms with Crippen molar-refractivity contribution in [2.75, 3.05) is 65.9 Å². The molecule has 7 heteroatoms. The van der Waals surface area contributed by atoms with Crippen LogP contribution in [0.15, 0.2) is 0 Å². The van der Waals surface area contributed by atoms with Crippen LogP contribution in [0.1, 0.15) is 13.8 Å². The van der Waals surface area contributed by atoms with Gasteiger partial charge in [0, 0.05) is 26.3 Å². The number of guanidine groups is 1. The van der Waals surface area contributed by atoms with E-state index in [0.717, 1.165) is 0 Å². The highest BCUT2D eigenvalue weighted by Crippen LogP contribution is 1.78. The Hall–Kier alpha value is -0.890. The maximum absolute atomic E-state index is 7.60. The van der Waals surface area contributed by atoms with E-state index in [4.69, 9.17) is 24.4 Å². The number of ether oxygens (including phenoxy) is 4. The summed E-state index contributed by atoms with van der Waals surface area (Å²) in [5, 5.41) is 13.4. The first-order valence-electron chi connectivity index (χ1n) is 7.18. The van der Waals surface area contributed by atoms with Gasteiger partial charge in [-0.3, -0.25) is 5.41 Å². The van der Waals surface area contributed by atoms with Crippen molar-refractivity contribution in [3.05, 3.63) is 0 Å². The van der Waals surface area contributed by atoms with Gasteiger partial charge in [-0.1, -0.05) is 0 Å². The Bertz CT molecular complexity index is 198.